The zero-order chi connectivity index (χ0) is 19.1. The predicted octanol–water partition coefficient (Wildman–Crippen LogP) is 0.835. The average molecular weight is 398 g/mol. The highest BCUT2D eigenvalue weighted by atomic mass is 32.1. The molecular formula is C20H39N5OS. The molecule has 0 aromatic rings. The Morgan fingerprint density at radius 3 is 2.59 bits per heavy atom. The van der Waals surface area contributed by atoms with E-state index in [1.807, 2.05) is 0 Å². The fraction of sp³-hybridized carbons (Fsp3) is 0.950. The first-order valence-corrected chi connectivity index (χ1v) is 11.4. The Morgan fingerprint density at radius 1 is 1.15 bits per heavy atom. The fourth-order valence-corrected chi connectivity index (χ4v) is 5.09. The molecule has 0 spiro atoms. The normalized spacial score (nSPS) is 31.2. The molecule has 2 N–H and O–H groups in total. The lowest BCUT2D eigenvalue weighted by atomic mass is 9.75. The first-order chi connectivity index (χ1) is 13.2. The van der Waals surface area contributed by atoms with Gasteiger partial charge in [-0.15, -0.1) is 0 Å². The summed E-state index contributed by atoms with van der Waals surface area (Å²) in [5.41, 5.74) is 0. The molecule has 4 rings (SSSR count). The Balaban J connectivity index is 1.33. The second kappa shape index (κ2) is 10.9. The van der Waals surface area contributed by atoms with Gasteiger partial charge in [0.2, 0.25) is 0 Å². The minimum Gasteiger partial charge on any atom is -0.379 e. The van der Waals surface area contributed by atoms with Gasteiger partial charge in [0.05, 0.1) is 13.2 Å². The molecule has 4 unspecified atom stereocenters. The number of piperidine rings is 3. The van der Waals surface area contributed by atoms with Crippen molar-refractivity contribution in [2.24, 2.45) is 11.8 Å². The molecule has 4 saturated heterocycles. The van der Waals surface area contributed by atoms with Crippen LogP contribution in [0, 0.1) is 11.8 Å². The number of morpholine rings is 1. The molecule has 4 fully saturated rings. The maximum atomic E-state index is 5.50. The highest BCUT2D eigenvalue weighted by molar-refractivity contribution is 7.80. The molecule has 0 radical (unpaired) electrons. The van der Waals surface area contributed by atoms with Crippen LogP contribution >= 0.6 is 12.2 Å². The number of thiocarbonyl (C=S) groups is 1. The van der Waals surface area contributed by atoms with Crippen LogP contribution in [0.1, 0.15) is 26.7 Å². The quantitative estimate of drug-likeness (QED) is 0.559. The SMILES string of the molecule is CCN(CC)CC1CN2CCC1CC2CNC(=S)NCCN1CCOCC1. The van der Waals surface area contributed by atoms with Crippen LogP contribution in [0.2, 0.25) is 0 Å². The van der Waals surface area contributed by atoms with E-state index >= 15 is 0 Å². The van der Waals surface area contributed by atoms with Gasteiger partial charge in [0.25, 0.3) is 0 Å². The molecule has 27 heavy (non-hydrogen) atoms. The van der Waals surface area contributed by atoms with Gasteiger partial charge in [0.1, 0.15) is 0 Å². The Labute approximate surface area is 171 Å². The fourth-order valence-electron chi connectivity index (χ4n) is 4.91. The van der Waals surface area contributed by atoms with Gasteiger partial charge in [0.15, 0.2) is 5.11 Å². The summed E-state index contributed by atoms with van der Waals surface area (Å²) in [6.07, 6.45) is 2.71. The van der Waals surface area contributed by atoms with Crippen LogP contribution in [0.4, 0.5) is 0 Å². The van der Waals surface area contributed by atoms with E-state index in [4.69, 9.17) is 17.0 Å². The van der Waals surface area contributed by atoms with Crippen molar-refractivity contribution in [1.82, 2.24) is 25.3 Å². The van der Waals surface area contributed by atoms with Gasteiger partial charge >= 0.3 is 0 Å². The molecule has 2 bridgehead atoms. The molecule has 0 amide bonds. The summed E-state index contributed by atoms with van der Waals surface area (Å²) < 4.78 is 5.39. The predicted molar refractivity (Wildman–Crippen MR) is 115 cm³/mol. The van der Waals surface area contributed by atoms with E-state index in [1.54, 1.807) is 0 Å². The van der Waals surface area contributed by atoms with Crippen molar-refractivity contribution in [3.05, 3.63) is 0 Å². The van der Waals surface area contributed by atoms with Crippen molar-refractivity contribution in [2.75, 3.05) is 78.7 Å². The minimum atomic E-state index is 0.649. The lowest BCUT2D eigenvalue weighted by Gasteiger charge is -2.51. The third-order valence-corrected chi connectivity index (χ3v) is 7.01. The number of ether oxygens (including phenoxy) is 1. The van der Waals surface area contributed by atoms with Crippen LogP contribution in [-0.4, -0.2) is 105 Å². The molecule has 156 valence electrons. The second-order valence-corrected chi connectivity index (χ2v) is 8.68. The number of nitrogens with one attached hydrogen (secondary N) is 2. The first-order valence-electron chi connectivity index (χ1n) is 11.0. The van der Waals surface area contributed by atoms with Gasteiger partial charge in [-0.2, -0.15) is 0 Å². The Hall–Kier alpha value is -0.470. The zero-order valence-electron chi connectivity index (χ0n) is 17.3. The summed E-state index contributed by atoms with van der Waals surface area (Å²) in [6.45, 7) is 17.4. The maximum Gasteiger partial charge on any atom is 0.166 e. The van der Waals surface area contributed by atoms with Gasteiger partial charge in [-0.25, -0.2) is 0 Å². The van der Waals surface area contributed by atoms with E-state index in [0.717, 1.165) is 62.9 Å². The molecule has 4 aliphatic rings. The summed E-state index contributed by atoms with van der Waals surface area (Å²) in [4.78, 5) is 7.73. The summed E-state index contributed by atoms with van der Waals surface area (Å²) in [7, 11) is 0. The van der Waals surface area contributed by atoms with Crippen molar-refractivity contribution in [3.8, 4) is 0 Å². The number of nitrogens with zero attached hydrogens (tertiary/aromatic N) is 3. The smallest absolute Gasteiger partial charge is 0.166 e. The van der Waals surface area contributed by atoms with Crippen molar-refractivity contribution in [1.29, 1.82) is 0 Å². The number of hydrogen-bond acceptors (Lipinski definition) is 5. The standard InChI is InChI=1S/C20H39N5OS/c1-3-23(4-2)15-18-16-25-7-5-17(18)13-19(25)14-22-20(27)21-6-8-24-9-11-26-12-10-24/h17-19H,3-16H2,1-2H3,(H2,21,22,27). The van der Waals surface area contributed by atoms with Crippen LogP contribution in [0.3, 0.4) is 0 Å². The maximum absolute atomic E-state index is 5.50. The summed E-state index contributed by atoms with van der Waals surface area (Å²) in [5, 5.41) is 7.67. The molecular weight excluding hydrogens is 358 g/mol. The highest BCUT2D eigenvalue weighted by Gasteiger charge is 2.40. The largest absolute Gasteiger partial charge is 0.379 e. The van der Waals surface area contributed by atoms with Gasteiger partial charge in [-0.3, -0.25) is 9.80 Å². The highest BCUT2D eigenvalue weighted by Crippen LogP contribution is 2.36. The molecule has 4 heterocycles. The van der Waals surface area contributed by atoms with E-state index in [9.17, 15) is 0 Å². The van der Waals surface area contributed by atoms with Crippen molar-refractivity contribution >= 4 is 17.3 Å². The third-order valence-electron chi connectivity index (χ3n) is 6.72. The molecule has 0 aliphatic carbocycles. The van der Waals surface area contributed by atoms with Gasteiger partial charge in [-0.1, -0.05) is 13.8 Å². The molecule has 4 aliphatic heterocycles. The van der Waals surface area contributed by atoms with Crippen molar-refractivity contribution in [2.45, 2.75) is 32.7 Å². The monoisotopic (exact) mass is 397 g/mol. The molecule has 4 atom stereocenters. The Morgan fingerprint density at radius 2 is 1.93 bits per heavy atom. The van der Waals surface area contributed by atoms with E-state index in [1.165, 1.54) is 45.6 Å². The first kappa shape index (κ1) is 21.2. The minimum absolute atomic E-state index is 0.649. The van der Waals surface area contributed by atoms with E-state index in [-0.39, 0.29) is 0 Å². The molecule has 0 saturated carbocycles. The summed E-state index contributed by atoms with van der Waals surface area (Å²) in [6, 6.07) is 0.649. The number of fused-ring (bicyclic) bond motifs is 3. The molecule has 7 heteroatoms. The molecule has 0 aromatic heterocycles. The van der Waals surface area contributed by atoms with Crippen LogP contribution in [0.25, 0.3) is 0 Å². The topological polar surface area (TPSA) is 43.0 Å². The van der Waals surface area contributed by atoms with Crippen LogP contribution in [0.15, 0.2) is 0 Å². The Bertz CT molecular complexity index is 456. The summed E-state index contributed by atoms with van der Waals surface area (Å²) >= 11 is 5.50. The van der Waals surface area contributed by atoms with E-state index in [2.05, 4.69) is 39.2 Å². The van der Waals surface area contributed by atoms with Crippen LogP contribution in [-0.2, 0) is 4.74 Å². The van der Waals surface area contributed by atoms with E-state index < -0.39 is 0 Å². The number of hydrogen-bond donors (Lipinski definition) is 2. The Kier molecular flexibility index (Phi) is 8.58. The zero-order valence-corrected chi connectivity index (χ0v) is 18.1. The lowest BCUT2D eigenvalue weighted by molar-refractivity contribution is -0.00939. The van der Waals surface area contributed by atoms with Crippen LogP contribution < -0.4 is 10.6 Å². The lowest BCUT2D eigenvalue weighted by Crippen LogP contribution is -2.59. The second-order valence-electron chi connectivity index (χ2n) is 8.27. The van der Waals surface area contributed by atoms with Crippen molar-refractivity contribution < 1.29 is 4.74 Å². The van der Waals surface area contributed by atoms with Gasteiger partial charge in [-0.05, 0) is 56.5 Å². The van der Waals surface area contributed by atoms with Crippen molar-refractivity contribution in [3.63, 3.8) is 0 Å². The van der Waals surface area contributed by atoms with Crippen LogP contribution in [0.5, 0.6) is 0 Å². The molecule has 6 nitrogen and oxygen atoms in total. The van der Waals surface area contributed by atoms with Gasteiger partial charge < -0.3 is 20.3 Å². The third kappa shape index (κ3) is 6.26. The average Bonchev–Trinajstić information content (AvgIpc) is 2.72. The van der Waals surface area contributed by atoms with Gasteiger partial charge in [0, 0.05) is 51.9 Å². The summed E-state index contributed by atoms with van der Waals surface area (Å²) in [5.74, 6) is 1.75. The molecule has 0 aromatic carbocycles. The van der Waals surface area contributed by atoms with E-state index in [0.29, 0.717) is 6.04 Å². The number of rotatable bonds is 9.